The minimum atomic E-state index is -3.25. The molecule has 0 saturated carbocycles. The fraction of sp³-hybridized carbons (Fsp3) is 0.300. The Labute approximate surface area is 168 Å². The van der Waals surface area contributed by atoms with Gasteiger partial charge in [0.2, 0.25) is 0 Å². The van der Waals surface area contributed by atoms with E-state index < -0.39 is 9.84 Å². The van der Waals surface area contributed by atoms with Gasteiger partial charge in [-0.3, -0.25) is 4.79 Å². The first-order chi connectivity index (χ1) is 13.3. The zero-order valence-corrected chi connectivity index (χ0v) is 17.6. The van der Waals surface area contributed by atoms with E-state index in [4.69, 9.17) is 4.74 Å². The number of amides is 1. The van der Waals surface area contributed by atoms with Gasteiger partial charge in [-0.1, -0.05) is 23.5 Å². The second-order valence-electron chi connectivity index (χ2n) is 6.29. The Morgan fingerprint density at radius 1 is 1.14 bits per heavy atom. The van der Waals surface area contributed by atoms with Crippen molar-refractivity contribution in [3.8, 4) is 5.75 Å². The lowest BCUT2D eigenvalue weighted by Gasteiger charge is -2.04. The summed E-state index contributed by atoms with van der Waals surface area (Å²) in [5.74, 6) is 0.522. The molecule has 0 fully saturated rings. The number of carbonyl (C=O) groups excluding carboxylic acids is 1. The van der Waals surface area contributed by atoms with E-state index in [1.807, 2.05) is 36.6 Å². The van der Waals surface area contributed by atoms with Gasteiger partial charge in [0, 0.05) is 12.8 Å². The van der Waals surface area contributed by atoms with Crippen LogP contribution in [0.4, 0.5) is 0 Å². The second kappa shape index (κ2) is 8.28. The summed E-state index contributed by atoms with van der Waals surface area (Å²) in [6.45, 7) is 5.24. The lowest BCUT2D eigenvalue weighted by Crippen LogP contribution is -2.16. The van der Waals surface area contributed by atoms with E-state index >= 15 is 0 Å². The van der Waals surface area contributed by atoms with E-state index in [-0.39, 0.29) is 17.2 Å². The number of hydrogen-bond donors (Lipinski definition) is 0. The Hall–Kier alpha value is -2.45. The molecule has 0 atom stereocenters. The molecule has 6 nitrogen and oxygen atoms in total. The van der Waals surface area contributed by atoms with Gasteiger partial charge in [0.1, 0.15) is 5.75 Å². The van der Waals surface area contributed by atoms with E-state index in [0.717, 1.165) is 27.8 Å². The molecule has 0 spiro atoms. The molecule has 0 aliphatic carbocycles. The Morgan fingerprint density at radius 3 is 2.46 bits per heavy atom. The first-order valence-electron chi connectivity index (χ1n) is 8.94. The van der Waals surface area contributed by atoms with Crippen LogP contribution in [0.25, 0.3) is 10.2 Å². The van der Waals surface area contributed by atoms with Crippen LogP contribution in [0.2, 0.25) is 0 Å². The number of thiazole rings is 1. The van der Waals surface area contributed by atoms with Crippen LogP contribution in [-0.4, -0.2) is 31.8 Å². The Kier molecular flexibility index (Phi) is 6.00. The third-order valence-electron chi connectivity index (χ3n) is 4.21. The first kappa shape index (κ1) is 20.3. The molecular formula is C20H22N2O4S2. The van der Waals surface area contributed by atoms with E-state index in [2.05, 4.69) is 4.99 Å². The Balaban J connectivity index is 1.89. The summed E-state index contributed by atoms with van der Waals surface area (Å²) >= 11 is 1.45. The van der Waals surface area contributed by atoms with Gasteiger partial charge in [-0.15, -0.1) is 0 Å². The number of carbonyl (C=O) groups is 1. The van der Waals surface area contributed by atoms with Crippen molar-refractivity contribution in [2.45, 2.75) is 31.7 Å². The molecule has 0 aliphatic heterocycles. The quantitative estimate of drug-likeness (QED) is 0.616. The number of ether oxygens (including phenoxy) is 1. The van der Waals surface area contributed by atoms with Crippen LogP contribution < -0.4 is 9.54 Å². The maximum atomic E-state index is 12.5. The molecule has 0 N–H and O–H groups in total. The molecule has 0 saturated heterocycles. The van der Waals surface area contributed by atoms with Crippen molar-refractivity contribution >= 4 is 37.3 Å². The lowest BCUT2D eigenvalue weighted by molar-refractivity contribution is -0.117. The number of nitrogens with zero attached hydrogens (tertiary/aromatic N) is 2. The minimum absolute atomic E-state index is 0.117. The van der Waals surface area contributed by atoms with E-state index in [0.29, 0.717) is 18.0 Å². The van der Waals surface area contributed by atoms with Crippen LogP contribution in [0.1, 0.15) is 19.4 Å². The van der Waals surface area contributed by atoms with E-state index in [1.165, 1.54) is 23.5 Å². The molecule has 0 aliphatic rings. The number of rotatable bonds is 6. The highest BCUT2D eigenvalue weighted by atomic mass is 32.2. The third kappa shape index (κ3) is 4.51. The van der Waals surface area contributed by atoms with Crippen LogP contribution in [0, 0.1) is 0 Å². The summed E-state index contributed by atoms with van der Waals surface area (Å²) in [7, 11) is -3.25. The number of hydrogen-bond acceptors (Lipinski definition) is 5. The van der Waals surface area contributed by atoms with Gasteiger partial charge in [-0.05, 0) is 49.7 Å². The molecule has 1 amide bonds. The topological polar surface area (TPSA) is 77.7 Å². The first-order valence-corrected chi connectivity index (χ1v) is 11.7. The molecular weight excluding hydrogens is 396 g/mol. The maximum absolute atomic E-state index is 12.5. The van der Waals surface area contributed by atoms with Gasteiger partial charge >= 0.3 is 0 Å². The van der Waals surface area contributed by atoms with Crippen LogP contribution in [0.15, 0.2) is 52.4 Å². The predicted molar refractivity (Wildman–Crippen MR) is 110 cm³/mol. The van der Waals surface area contributed by atoms with E-state index in [1.54, 1.807) is 12.1 Å². The second-order valence-corrected chi connectivity index (χ2v) is 9.31. The SMILES string of the molecule is CCOc1ccc2c(c1)sc(=NC(=O)Cc1ccc(S(C)(=O)=O)cc1)n2CC. The van der Waals surface area contributed by atoms with Crippen LogP contribution in [0.3, 0.4) is 0 Å². The Bertz CT molecular complexity index is 1170. The highest BCUT2D eigenvalue weighted by molar-refractivity contribution is 7.90. The average molecular weight is 419 g/mol. The number of aromatic nitrogens is 1. The predicted octanol–water partition coefficient (Wildman–Crippen LogP) is 3.19. The summed E-state index contributed by atoms with van der Waals surface area (Å²) < 4.78 is 31.6. The zero-order chi connectivity index (χ0) is 20.3. The van der Waals surface area contributed by atoms with Crippen molar-refractivity contribution in [1.29, 1.82) is 0 Å². The third-order valence-corrected chi connectivity index (χ3v) is 6.38. The van der Waals surface area contributed by atoms with Crippen LogP contribution >= 0.6 is 11.3 Å². The number of benzene rings is 2. The number of aryl methyl sites for hydroxylation is 1. The molecule has 0 radical (unpaired) electrons. The standard InChI is InChI=1S/C20H22N2O4S2/c1-4-22-17-11-8-15(26-5-2)13-18(17)27-20(22)21-19(23)12-14-6-9-16(10-7-14)28(3,24)25/h6-11,13H,4-5,12H2,1-3H3. The van der Waals surface area contributed by atoms with Crippen molar-refractivity contribution in [2.24, 2.45) is 4.99 Å². The molecule has 148 valence electrons. The molecule has 0 bridgehead atoms. The van der Waals surface area contributed by atoms with Gasteiger partial charge in [0.15, 0.2) is 14.6 Å². The largest absolute Gasteiger partial charge is 0.494 e. The van der Waals surface area contributed by atoms with Gasteiger partial charge in [0.25, 0.3) is 5.91 Å². The minimum Gasteiger partial charge on any atom is -0.494 e. The van der Waals surface area contributed by atoms with Gasteiger partial charge in [-0.25, -0.2) is 8.42 Å². The molecule has 2 aromatic carbocycles. The van der Waals surface area contributed by atoms with Gasteiger partial charge in [-0.2, -0.15) is 4.99 Å². The summed E-state index contributed by atoms with van der Waals surface area (Å²) in [6, 6.07) is 12.2. The van der Waals surface area contributed by atoms with Crippen molar-refractivity contribution in [1.82, 2.24) is 4.57 Å². The maximum Gasteiger partial charge on any atom is 0.252 e. The van der Waals surface area contributed by atoms with Crippen LogP contribution in [-0.2, 0) is 27.6 Å². The molecule has 3 aromatic rings. The molecule has 1 heterocycles. The highest BCUT2D eigenvalue weighted by Gasteiger charge is 2.10. The van der Waals surface area contributed by atoms with E-state index in [9.17, 15) is 13.2 Å². The molecule has 1 aromatic heterocycles. The normalized spacial score (nSPS) is 12.5. The smallest absolute Gasteiger partial charge is 0.252 e. The molecule has 8 heteroatoms. The summed E-state index contributed by atoms with van der Waals surface area (Å²) in [5.41, 5.74) is 1.74. The fourth-order valence-corrected chi connectivity index (χ4v) is 4.65. The van der Waals surface area contributed by atoms with Gasteiger partial charge < -0.3 is 9.30 Å². The molecule has 28 heavy (non-hydrogen) atoms. The van der Waals surface area contributed by atoms with Gasteiger partial charge in [0.05, 0.1) is 28.1 Å². The Morgan fingerprint density at radius 2 is 1.86 bits per heavy atom. The zero-order valence-electron chi connectivity index (χ0n) is 16.0. The van der Waals surface area contributed by atoms with Crippen LogP contribution in [0.5, 0.6) is 5.75 Å². The van der Waals surface area contributed by atoms with Crippen molar-refractivity contribution in [3.05, 3.63) is 52.8 Å². The van der Waals surface area contributed by atoms with Crippen molar-refractivity contribution in [2.75, 3.05) is 12.9 Å². The summed E-state index contributed by atoms with van der Waals surface area (Å²) in [6.07, 6.45) is 1.27. The number of fused-ring (bicyclic) bond motifs is 1. The lowest BCUT2D eigenvalue weighted by atomic mass is 10.1. The summed E-state index contributed by atoms with van der Waals surface area (Å²) in [4.78, 5) is 17.6. The number of sulfone groups is 1. The van der Waals surface area contributed by atoms with Crippen molar-refractivity contribution < 1.29 is 17.9 Å². The monoisotopic (exact) mass is 418 g/mol. The fourth-order valence-electron chi connectivity index (χ4n) is 2.88. The molecule has 3 rings (SSSR count). The van der Waals surface area contributed by atoms with Crippen molar-refractivity contribution in [3.63, 3.8) is 0 Å². The highest BCUT2D eigenvalue weighted by Crippen LogP contribution is 2.23. The summed E-state index contributed by atoms with van der Waals surface area (Å²) in [5, 5.41) is 0. The molecule has 0 unspecified atom stereocenters. The average Bonchev–Trinajstić information content (AvgIpc) is 2.97.